The molecule has 4 heterocycles. The summed E-state index contributed by atoms with van der Waals surface area (Å²) in [7, 11) is 7.03. The van der Waals surface area contributed by atoms with Gasteiger partial charge in [0, 0.05) is 0 Å². The van der Waals surface area contributed by atoms with Crippen molar-refractivity contribution in [2.45, 2.75) is 0 Å². The maximum absolute atomic E-state index is 10.9. The van der Waals surface area contributed by atoms with Crippen LogP contribution in [-0.2, 0) is 50.6 Å². The minimum absolute atomic E-state index is 0.217. The van der Waals surface area contributed by atoms with E-state index in [1.807, 2.05) is 35.5 Å². The fourth-order valence-electron chi connectivity index (χ4n) is 2.65. The summed E-state index contributed by atoms with van der Waals surface area (Å²) >= 11 is 2.02. The van der Waals surface area contributed by atoms with Crippen LogP contribution in [0.25, 0.3) is 0 Å². The SMILES string of the molecule is COC(=O)[C-]=C1COCC1=[C-]C(=O)OC.[Cl][Rh+2].c1cc(C2=NCCO2)nc(C2=NCCO2)c1. The maximum atomic E-state index is 10.9. The fraction of sp³-hybridized carbons (Fsp3) is 0.381. The maximum Gasteiger partial charge on any atom is 0.235 e. The van der Waals surface area contributed by atoms with E-state index in [4.69, 9.17) is 14.2 Å². The van der Waals surface area contributed by atoms with Crippen molar-refractivity contribution >= 4 is 33.4 Å². The molecule has 0 unspecified atom stereocenters. The summed E-state index contributed by atoms with van der Waals surface area (Å²) in [5.41, 5.74) is 2.42. The zero-order chi connectivity index (χ0) is 24.1. The molecule has 0 atom stereocenters. The van der Waals surface area contributed by atoms with E-state index in [2.05, 4.69) is 46.3 Å². The molecule has 1 aromatic heterocycles. The Morgan fingerprint density at radius 2 is 1.36 bits per heavy atom. The molecule has 1 aromatic rings. The number of hydrogen-bond donors (Lipinski definition) is 0. The molecule has 10 nitrogen and oxygen atoms in total. The van der Waals surface area contributed by atoms with E-state index < -0.39 is 11.9 Å². The van der Waals surface area contributed by atoms with Crippen LogP contribution in [0.5, 0.6) is 0 Å². The van der Waals surface area contributed by atoms with Gasteiger partial charge in [-0.3, -0.25) is 21.7 Å². The first-order chi connectivity index (χ1) is 16.1. The molecule has 4 rings (SSSR count). The van der Waals surface area contributed by atoms with E-state index in [-0.39, 0.29) is 13.2 Å². The Morgan fingerprint density at radius 1 is 0.909 bits per heavy atom. The molecular weight excluding hydrogens is 545 g/mol. The third-order valence-electron chi connectivity index (χ3n) is 4.09. The van der Waals surface area contributed by atoms with Crippen LogP contribution >= 0.6 is 9.69 Å². The molecule has 1 fully saturated rings. The number of ether oxygens (including phenoxy) is 5. The molecule has 0 amide bonds. The van der Waals surface area contributed by atoms with Crippen LogP contribution in [0, 0.1) is 12.2 Å². The van der Waals surface area contributed by atoms with Gasteiger partial charge in [-0.25, -0.2) is 15.0 Å². The Bertz CT molecular complexity index is 892. The average molecular weight is 566 g/mol. The molecule has 178 valence electrons. The topological polar surface area (TPSA) is 118 Å². The quantitative estimate of drug-likeness (QED) is 0.231. The number of esters is 2. The zero-order valence-electron chi connectivity index (χ0n) is 17.9. The smallest absolute Gasteiger partial charge is 0.235 e. The normalized spacial score (nSPS) is 18.7. The Kier molecular flexibility index (Phi) is 11.7. The molecule has 0 bridgehead atoms. The summed E-state index contributed by atoms with van der Waals surface area (Å²) in [4.78, 5) is 34.7. The second-order valence-corrected chi connectivity index (χ2v) is 6.16. The molecule has 3 aliphatic rings. The summed E-state index contributed by atoms with van der Waals surface area (Å²) in [6, 6.07) is 5.67. The Morgan fingerprint density at radius 3 is 1.73 bits per heavy atom. The molecule has 1 saturated heterocycles. The van der Waals surface area contributed by atoms with Gasteiger partial charge in [0.1, 0.15) is 24.6 Å². The first-order valence-electron chi connectivity index (χ1n) is 9.55. The van der Waals surface area contributed by atoms with Crippen LogP contribution in [0.1, 0.15) is 11.4 Å². The van der Waals surface area contributed by atoms with Crippen molar-refractivity contribution in [3.63, 3.8) is 0 Å². The van der Waals surface area contributed by atoms with Crippen molar-refractivity contribution in [1.82, 2.24) is 4.98 Å². The number of halogens is 1. The number of carbonyl (C=O) groups excluding carboxylic acids is 2. The standard InChI is InChI=1S/C11H11N3O2.C10H10O5.ClH.Rh/c1-2-8(10-12-4-6-15-10)14-9(3-1)11-13-5-7-16-11;1-13-9(11)3-7-5-15-6-8(7)4-10(12)14-2;;/h1-3H,4-7H2;5-6H2,1-2H3;1H;/q;-2;;+3/p-1. The van der Waals surface area contributed by atoms with Crippen LogP contribution in [-0.4, -0.2) is 82.5 Å². The van der Waals surface area contributed by atoms with Gasteiger partial charge in [0.15, 0.2) is 0 Å². The zero-order valence-corrected chi connectivity index (χ0v) is 20.3. The average Bonchev–Trinajstić information content (AvgIpc) is 3.64. The molecule has 0 radical (unpaired) electrons. The molecule has 0 spiro atoms. The Labute approximate surface area is 205 Å². The van der Waals surface area contributed by atoms with Crippen molar-refractivity contribution in [2.24, 2.45) is 9.98 Å². The van der Waals surface area contributed by atoms with Gasteiger partial charge in [0.2, 0.25) is 23.7 Å². The molecular formula is C21H21ClN3O7Rh. The second-order valence-electron chi connectivity index (χ2n) is 6.16. The van der Waals surface area contributed by atoms with Gasteiger partial charge in [0.25, 0.3) is 0 Å². The summed E-state index contributed by atoms with van der Waals surface area (Å²) in [5, 5.41) is 0. The van der Waals surface area contributed by atoms with Crippen molar-refractivity contribution < 1.29 is 50.6 Å². The van der Waals surface area contributed by atoms with E-state index in [1.165, 1.54) is 14.2 Å². The fourth-order valence-corrected chi connectivity index (χ4v) is 2.65. The monoisotopic (exact) mass is 565 g/mol. The van der Waals surface area contributed by atoms with Crippen molar-refractivity contribution in [1.29, 1.82) is 0 Å². The van der Waals surface area contributed by atoms with E-state index >= 15 is 0 Å². The minimum Gasteiger partial charge on any atom is -0.474 e. The van der Waals surface area contributed by atoms with E-state index in [9.17, 15) is 9.59 Å². The van der Waals surface area contributed by atoms with Gasteiger partial charge < -0.3 is 34.8 Å². The van der Waals surface area contributed by atoms with E-state index in [0.29, 0.717) is 49.2 Å². The van der Waals surface area contributed by atoms with Crippen molar-refractivity contribution in [3.8, 4) is 0 Å². The van der Waals surface area contributed by atoms with Gasteiger partial charge >= 0.3 is 27.0 Å². The second kappa shape index (κ2) is 14.5. The largest absolute Gasteiger partial charge is 0.474 e. The molecule has 3 aliphatic heterocycles. The Hall–Kier alpha value is -2.62. The van der Waals surface area contributed by atoms with Gasteiger partial charge in [-0.2, -0.15) is 0 Å². The number of methoxy groups -OCH3 is 2. The van der Waals surface area contributed by atoms with Gasteiger partial charge in [-0.05, 0) is 25.3 Å². The number of carbonyl (C=O) groups is 2. The van der Waals surface area contributed by atoms with Crippen LogP contribution in [0.4, 0.5) is 0 Å². The van der Waals surface area contributed by atoms with E-state index in [0.717, 1.165) is 11.4 Å². The van der Waals surface area contributed by atoms with Gasteiger partial charge in [-0.15, -0.1) is 0 Å². The van der Waals surface area contributed by atoms with Gasteiger partial charge in [-0.1, -0.05) is 6.07 Å². The number of rotatable bonds is 4. The summed E-state index contributed by atoms with van der Waals surface area (Å²) in [6.45, 7) is 3.12. The van der Waals surface area contributed by atoms with Crippen LogP contribution in [0.3, 0.4) is 0 Å². The predicted molar refractivity (Wildman–Crippen MR) is 113 cm³/mol. The van der Waals surface area contributed by atoms with Crippen molar-refractivity contribution in [2.75, 3.05) is 53.7 Å². The molecule has 0 N–H and O–H groups in total. The molecule has 0 saturated carbocycles. The van der Waals surface area contributed by atoms with Crippen LogP contribution in [0.2, 0.25) is 0 Å². The molecule has 0 aliphatic carbocycles. The number of pyridine rings is 1. The van der Waals surface area contributed by atoms with E-state index in [1.54, 1.807) is 0 Å². The van der Waals surface area contributed by atoms with Crippen molar-refractivity contribution in [3.05, 3.63) is 52.9 Å². The van der Waals surface area contributed by atoms with Crippen LogP contribution in [0.15, 0.2) is 39.3 Å². The third kappa shape index (κ3) is 8.35. The molecule has 33 heavy (non-hydrogen) atoms. The number of aliphatic imine (C=N–C) groups is 2. The first kappa shape index (κ1) is 26.6. The first-order valence-corrected chi connectivity index (χ1v) is 11.7. The molecule has 0 aromatic carbocycles. The summed E-state index contributed by atoms with van der Waals surface area (Å²) < 4.78 is 24.6. The van der Waals surface area contributed by atoms with Crippen LogP contribution < -0.4 is 0 Å². The third-order valence-corrected chi connectivity index (χ3v) is 4.09. The molecule has 12 heteroatoms. The predicted octanol–water partition coefficient (Wildman–Crippen LogP) is 1.14. The number of aromatic nitrogens is 1. The Balaban J connectivity index is 0.000000218. The number of nitrogens with zero attached hydrogens (tertiary/aromatic N) is 3. The summed E-state index contributed by atoms with van der Waals surface area (Å²) in [6.07, 6.45) is 4.86. The minimum atomic E-state index is -0.611. The number of hydrogen-bond acceptors (Lipinski definition) is 10. The van der Waals surface area contributed by atoms with Gasteiger partial charge in [0.05, 0.1) is 27.3 Å². The summed E-state index contributed by atoms with van der Waals surface area (Å²) in [5.74, 6) is 0.000209.